The fourth-order valence-corrected chi connectivity index (χ4v) is 11.0. The van der Waals surface area contributed by atoms with E-state index < -0.39 is 31.3 Å². The van der Waals surface area contributed by atoms with E-state index in [0.717, 1.165) is 36.8 Å². The van der Waals surface area contributed by atoms with E-state index in [1.807, 2.05) is 26.0 Å². The van der Waals surface area contributed by atoms with Crippen molar-refractivity contribution in [3.63, 3.8) is 0 Å². The van der Waals surface area contributed by atoms with Gasteiger partial charge < -0.3 is 9.47 Å². The predicted octanol–water partition coefficient (Wildman–Crippen LogP) is 7.82. The van der Waals surface area contributed by atoms with Crippen molar-refractivity contribution in [2.45, 2.75) is 116 Å². The van der Waals surface area contributed by atoms with Gasteiger partial charge in [0.05, 0.1) is 36.2 Å². The van der Waals surface area contributed by atoms with Crippen molar-refractivity contribution in [3.05, 3.63) is 83.5 Å². The lowest BCUT2D eigenvalue weighted by atomic mass is 9.95. The lowest BCUT2D eigenvalue weighted by Crippen LogP contribution is -2.40. The maximum absolute atomic E-state index is 14.1. The van der Waals surface area contributed by atoms with Crippen molar-refractivity contribution in [3.8, 4) is 11.5 Å². The summed E-state index contributed by atoms with van der Waals surface area (Å²) in [6, 6.07) is 9.27. The number of carbonyl (C=O) groups excluding carboxylic acids is 4. The molecule has 2 N–H and O–H groups in total. The number of hydrogen-bond acceptors (Lipinski definition) is 10. The Labute approximate surface area is 377 Å². The van der Waals surface area contributed by atoms with Gasteiger partial charge >= 0.3 is 0 Å². The first-order chi connectivity index (χ1) is 30.5. The summed E-state index contributed by atoms with van der Waals surface area (Å²) in [5.41, 5.74) is 1.55. The van der Waals surface area contributed by atoms with Crippen LogP contribution in [0.1, 0.15) is 127 Å². The van der Waals surface area contributed by atoms with Gasteiger partial charge in [-0.15, -0.1) is 0 Å². The summed E-state index contributed by atoms with van der Waals surface area (Å²) in [4.78, 5) is 45.8. The molecule has 12 nitrogen and oxygen atoms in total. The van der Waals surface area contributed by atoms with Crippen LogP contribution in [-0.2, 0) is 38.9 Å². The van der Waals surface area contributed by atoms with Gasteiger partial charge in [0.2, 0.25) is 23.6 Å². The topological polar surface area (TPSA) is 179 Å². The average Bonchev–Trinajstić information content (AvgIpc) is 4.20. The minimum absolute atomic E-state index is 0.00181. The molecule has 2 saturated carbocycles. The van der Waals surface area contributed by atoms with Crippen molar-refractivity contribution < 1.29 is 54.3 Å². The van der Waals surface area contributed by atoms with E-state index in [2.05, 4.69) is 10.6 Å². The summed E-state index contributed by atoms with van der Waals surface area (Å²) >= 11 is 0. The van der Waals surface area contributed by atoms with Crippen molar-refractivity contribution in [2.75, 3.05) is 36.2 Å². The molecule has 2 aliphatic carbocycles. The molecule has 2 aromatic carbocycles. The molecular formula is C48H64F2N2O10S2. The maximum atomic E-state index is 14.1. The largest absolute Gasteiger partial charge is 0.490 e. The third-order valence-corrected chi connectivity index (χ3v) is 15.7. The third-order valence-electron chi connectivity index (χ3n) is 12.2. The Morgan fingerprint density at radius 3 is 1.34 bits per heavy atom. The number of imide groups is 2. The molecule has 0 aromatic heterocycles. The molecule has 4 aliphatic rings. The second-order valence-electron chi connectivity index (χ2n) is 17.6. The van der Waals surface area contributed by atoms with Crippen LogP contribution in [0, 0.1) is 35.3 Å². The van der Waals surface area contributed by atoms with Crippen molar-refractivity contribution >= 4 is 43.3 Å². The first-order valence-corrected chi connectivity index (χ1v) is 26.4. The number of sulfone groups is 2. The Morgan fingerprint density at radius 2 is 1.00 bits per heavy atom. The fourth-order valence-electron chi connectivity index (χ4n) is 7.61. The lowest BCUT2D eigenvalue weighted by molar-refractivity contribution is -0.137. The Morgan fingerprint density at radius 1 is 0.609 bits per heavy atom. The van der Waals surface area contributed by atoms with E-state index in [0.29, 0.717) is 89.3 Å². The molecule has 2 saturated heterocycles. The van der Waals surface area contributed by atoms with E-state index >= 15 is 0 Å². The predicted molar refractivity (Wildman–Crippen MR) is 241 cm³/mol. The Kier molecular flexibility index (Phi) is 19.1. The van der Waals surface area contributed by atoms with Crippen LogP contribution in [0.2, 0.25) is 0 Å². The minimum Gasteiger partial charge on any atom is -0.490 e. The van der Waals surface area contributed by atoms with E-state index in [1.165, 1.54) is 12.1 Å². The number of amides is 4. The summed E-state index contributed by atoms with van der Waals surface area (Å²) < 4.78 is 90.0. The standard InChI is InChI=1S/2C24H32FNO5S/c2*1-2-18(20-9-11-21(25)22(14-20)31-15-17-7-8-17)16-32(29,30)13-5-3-4-6-19-10-12-23(27)26-24(19)28/h2*3-4,9,11,14,17-19H,2,5-8,10,12-13,15-16H2,1H3,(H,26,27,28)/b2*4-3+/t18-,19+;18-,19-/m00/s1. The van der Waals surface area contributed by atoms with Gasteiger partial charge in [0.1, 0.15) is 0 Å². The summed E-state index contributed by atoms with van der Waals surface area (Å²) in [5.74, 6) is -1.35. The van der Waals surface area contributed by atoms with Gasteiger partial charge in [-0.05, 0) is 136 Å². The van der Waals surface area contributed by atoms with Crippen LogP contribution < -0.4 is 20.1 Å². The number of nitrogens with one attached hydrogen (secondary N) is 2. The van der Waals surface area contributed by atoms with Gasteiger partial charge in [-0.2, -0.15) is 0 Å². The lowest BCUT2D eigenvalue weighted by Gasteiger charge is -2.19. The molecule has 4 fully saturated rings. The zero-order valence-corrected chi connectivity index (χ0v) is 38.7. The van der Waals surface area contributed by atoms with Crippen molar-refractivity contribution in [1.82, 2.24) is 10.6 Å². The third kappa shape index (κ3) is 17.2. The van der Waals surface area contributed by atoms with Gasteiger partial charge in [-0.25, -0.2) is 25.6 Å². The van der Waals surface area contributed by atoms with Crippen molar-refractivity contribution in [2.24, 2.45) is 23.7 Å². The maximum Gasteiger partial charge on any atom is 0.229 e. The quantitative estimate of drug-likeness (QED) is 0.0779. The molecule has 4 amide bonds. The summed E-state index contributed by atoms with van der Waals surface area (Å²) in [6.45, 7) is 4.85. The molecule has 0 spiro atoms. The average molecular weight is 931 g/mol. The Hall–Kier alpha value is -4.44. The van der Waals surface area contributed by atoms with Gasteiger partial charge in [0, 0.05) is 24.7 Å². The first-order valence-electron chi connectivity index (χ1n) is 22.8. The molecular weight excluding hydrogens is 867 g/mol. The SMILES string of the molecule is CC[C@@H](CS(=O)(=O)CC/C=C/C[C@@H]1CCC(=O)NC1=O)c1ccc(F)c(OCC2CC2)c1.CC[C@@H](CS(=O)(=O)CC/C=C/C[C@H]1CCC(=O)NC1=O)c1ccc(F)c(OCC2CC2)c1. The number of ether oxygens (including phenoxy) is 2. The normalized spacial score (nSPS) is 20.4. The van der Waals surface area contributed by atoms with Gasteiger partial charge in [-0.1, -0.05) is 50.3 Å². The molecule has 64 heavy (non-hydrogen) atoms. The van der Waals surface area contributed by atoms with Crippen LogP contribution in [-0.4, -0.2) is 76.7 Å². The van der Waals surface area contributed by atoms with Crippen LogP contribution in [0.5, 0.6) is 11.5 Å². The summed E-state index contributed by atoms with van der Waals surface area (Å²) in [5, 5.41) is 4.64. The molecule has 0 unspecified atom stereocenters. The zero-order chi connectivity index (χ0) is 46.3. The Balaban J connectivity index is 0.000000241. The number of allylic oxidation sites excluding steroid dienone is 4. The minimum atomic E-state index is -3.31. The number of hydrogen-bond donors (Lipinski definition) is 2. The molecule has 4 atom stereocenters. The molecule has 2 heterocycles. The van der Waals surface area contributed by atoms with Gasteiger partial charge in [0.15, 0.2) is 42.8 Å². The Bertz CT molecular complexity index is 2070. The number of halogens is 2. The molecule has 0 radical (unpaired) electrons. The first kappa shape index (κ1) is 50.6. The molecule has 2 aliphatic heterocycles. The van der Waals surface area contributed by atoms with Gasteiger partial charge in [-0.3, -0.25) is 29.8 Å². The second-order valence-corrected chi connectivity index (χ2v) is 22.1. The van der Waals surface area contributed by atoms with Gasteiger partial charge in [0.25, 0.3) is 0 Å². The molecule has 2 aromatic rings. The highest BCUT2D eigenvalue weighted by Gasteiger charge is 2.28. The summed E-state index contributed by atoms with van der Waals surface area (Å²) in [6.07, 6.45) is 16.3. The van der Waals surface area contributed by atoms with Crippen LogP contribution in [0.15, 0.2) is 60.7 Å². The highest BCUT2D eigenvalue weighted by molar-refractivity contribution is 7.91. The number of carbonyl (C=O) groups is 4. The smallest absolute Gasteiger partial charge is 0.229 e. The van der Waals surface area contributed by atoms with E-state index in [-0.39, 0.29) is 81.8 Å². The zero-order valence-electron chi connectivity index (χ0n) is 37.0. The highest BCUT2D eigenvalue weighted by Crippen LogP contribution is 2.34. The summed E-state index contributed by atoms with van der Waals surface area (Å²) in [7, 11) is -6.63. The van der Waals surface area contributed by atoms with E-state index in [9.17, 15) is 44.8 Å². The molecule has 0 bridgehead atoms. The number of rotatable bonds is 24. The molecule has 6 rings (SSSR count). The molecule has 16 heteroatoms. The number of piperidine rings is 2. The van der Waals surface area contributed by atoms with Crippen molar-refractivity contribution in [1.29, 1.82) is 0 Å². The van der Waals surface area contributed by atoms with Crippen LogP contribution >= 0.6 is 0 Å². The number of benzene rings is 2. The van der Waals surface area contributed by atoms with E-state index in [4.69, 9.17) is 9.47 Å². The highest BCUT2D eigenvalue weighted by atomic mass is 32.2. The monoisotopic (exact) mass is 930 g/mol. The van der Waals surface area contributed by atoms with E-state index in [1.54, 1.807) is 36.4 Å². The second kappa shape index (κ2) is 24.2. The molecule has 352 valence electrons. The van der Waals surface area contributed by atoms with Crippen LogP contribution in [0.4, 0.5) is 8.78 Å². The van der Waals surface area contributed by atoms with Crippen LogP contribution in [0.25, 0.3) is 0 Å². The fraction of sp³-hybridized carbons (Fsp3) is 0.583. The van der Waals surface area contributed by atoms with Crippen LogP contribution in [0.3, 0.4) is 0 Å².